The fraction of sp³-hybridized carbons (Fsp3) is 0.529. The maximum absolute atomic E-state index is 10.1. The average molecular weight is 331 g/mol. The van der Waals surface area contributed by atoms with Crippen molar-refractivity contribution in [3.05, 3.63) is 18.3 Å². The number of hydrogen-bond acceptors (Lipinski definition) is 7. The van der Waals surface area contributed by atoms with Gasteiger partial charge in [0, 0.05) is 24.1 Å². The summed E-state index contributed by atoms with van der Waals surface area (Å²) in [4.78, 5) is 9.03. The molecule has 2 fully saturated rings. The van der Waals surface area contributed by atoms with Gasteiger partial charge in [0.2, 0.25) is 0 Å². The monoisotopic (exact) mass is 331 g/mol. The first-order chi connectivity index (χ1) is 11.6. The van der Waals surface area contributed by atoms with E-state index in [1.807, 2.05) is 0 Å². The van der Waals surface area contributed by atoms with Crippen LogP contribution in [0, 0.1) is 11.8 Å². The Labute approximate surface area is 139 Å². The lowest BCUT2D eigenvalue weighted by molar-refractivity contribution is -0.0195. The van der Waals surface area contributed by atoms with Gasteiger partial charge in [-0.15, -0.1) is 0 Å². The molecule has 2 aliphatic carbocycles. The Morgan fingerprint density at radius 1 is 1.04 bits per heavy atom. The third-order valence-electron chi connectivity index (χ3n) is 5.30. The van der Waals surface area contributed by atoms with Crippen LogP contribution in [-0.4, -0.2) is 52.7 Å². The zero-order chi connectivity index (χ0) is 16.8. The Morgan fingerprint density at radius 3 is 2.38 bits per heavy atom. The number of ether oxygens (including phenoxy) is 2. The normalized spacial score (nSPS) is 31.4. The number of aromatic nitrogens is 2. The van der Waals surface area contributed by atoms with Crippen LogP contribution in [0.15, 0.2) is 18.3 Å². The maximum atomic E-state index is 10.1. The molecule has 1 aromatic carbocycles. The first-order valence-corrected chi connectivity index (χ1v) is 8.12. The van der Waals surface area contributed by atoms with Crippen molar-refractivity contribution in [3.8, 4) is 11.5 Å². The number of fused-ring (bicyclic) bond motifs is 3. The standard InChI is InChI=1S/C17H21N3O4/c1-23-13-5-11-12(6-14(13)24-2)20-15(7-18-11)19-10-4-8-3-9(10)17(22)16(8)21/h5-10,16-17,21-22H,3-4H2,1-2H3,(H,19,20). The fourth-order valence-electron chi connectivity index (χ4n) is 4.06. The van der Waals surface area contributed by atoms with E-state index in [1.165, 1.54) is 0 Å². The number of anilines is 1. The Kier molecular flexibility index (Phi) is 3.69. The van der Waals surface area contributed by atoms with Crippen molar-refractivity contribution in [2.24, 2.45) is 11.8 Å². The van der Waals surface area contributed by atoms with Crippen LogP contribution >= 0.6 is 0 Å². The predicted octanol–water partition coefficient (Wildman–Crippen LogP) is 1.19. The lowest BCUT2D eigenvalue weighted by Gasteiger charge is -2.30. The van der Waals surface area contributed by atoms with Crippen LogP contribution in [0.5, 0.6) is 11.5 Å². The van der Waals surface area contributed by atoms with Gasteiger partial charge in [-0.1, -0.05) is 0 Å². The molecule has 5 unspecified atom stereocenters. The van der Waals surface area contributed by atoms with Crippen LogP contribution < -0.4 is 14.8 Å². The average Bonchev–Trinajstić information content (AvgIpc) is 3.13. The second-order valence-corrected chi connectivity index (χ2v) is 6.58. The van der Waals surface area contributed by atoms with E-state index in [0.29, 0.717) is 22.8 Å². The third-order valence-corrected chi connectivity index (χ3v) is 5.30. The van der Waals surface area contributed by atoms with E-state index in [0.717, 1.165) is 18.4 Å². The molecule has 24 heavy (non-hydrogen) atoms. The van der Waals surface area contributed by atoms with E-state index in [-0.39, 0.29) is 17.9 Å². The number of benzene rings is 1. The fourth-order valence-corrected chi connectivity index (χ4v) is 4.06. The summed E-state index contributed by atoms with van der Waals surface area (Å²) in [5.74, 6) is 2.11. The molecule has 3 N–H and O–H groups in total. The van der Waals surface area contributed by atoms with Crippen molar-refractivity contribution in [3.63, 3.8) is 0 Å². The second kappa shape index (κ2) is 5.75. The summed E-state index contributed by atoms with van der Waals surface area (Å²) in [5.41, 5.74) is 1.43. The van der Waals surface area contributed by atoms with Gasteiger partial charge in [-0.05, 0) is 18.8 Å². The van der Waals surface area contributed by atoms with Gasteiger partial charge in [0.1, 0.15) is 5.82 Å². The van der Waals surface area contributed by atoms with Crippen molar-refractivity contribution in [2.45, 2.75) is 31.1 Å². The molecule has 4 rings (SSSR count). The van der Waals surface area contributed by atoms with Crippen molar-refractivity contribution in [2.75, 3.05) is 19.5 Å². The number of hydrogen-bond donors (Lipinski definition) is 3. The van der Waals surface area contributed by atoms with Crippen molar-refractivity contribution >= 4 is 16.9 Å². The SMILES string of the molecule is COc1cc2ncc(NC3CC4CC3C(O)C4O)nc2cc1OC. The summed E-state index contributed by atoms with van der Waals surface area (Å²) in [6.45, 7) is 0. The highest BCUT2D eigenvalue weighted by Gasteiger charge is 2.51. The van der Waals surface area contributed by atoms with Gasteiger partial charge in [0.05, 0.1) is 43.7 Å². The summed E-state index contributed by atoms with van der Waals surface area (Å²) in [6, 6.07) is 3.70. The summed E-state index contributed by atoms with van der Waals surface area (Å²) < 4.78 is 10.6. The van der Waals surface area contributed by atoms with Crippen LogP contribution in [-0.2, 0) is 0 Å². The number of methoxy groups -OCH3 is 2. The molecule has 0 saturated heterocycles. The van der Waals surface area contributed by atoms with Gasteiger partial charge in [0.25, 0.3) is 0 Å². The third kappa shape index (κ3) is 2.35. The van der Waals surface area contributed by atoms with Gasteiger partial charge in [0.15, 0.2) is 11.5 Å². The molecule has 0 radical (unpaired) electrons. The molecule has 1 aromatic heterocycles. The Morgan fingerprint density at radius 2 is 1.75 bits per heavy atom. The zero-order valence-corrected chi connectivity index (χ0v) is 13.6. The largest absolute Gasteiger partial charge is 0.493 e. The van der Waals surface area contributed by atoms with E-state index in [4.69, 9.17) is 9.47 Å². The number of nitrogens with one attached hydrogen (secondary N) is 1. The maximum Gasteiger partial charge on any atom is 0.163 e. The summed E-state index contributed by atoms with van der Waals surface area (Å²) in [5, 5.41) is 23.3. The van der Waals surface area contributed by atoms with Crippen molar-refractivity contribution in [1.29, 1.82) is 0 Å². The molecule has 2 bridgehead atoms. The Hall–Kier alpha value is -2.12. The van der Waals surface area contributed by atoms with Gasteiger partial charge >= 0.3 is 0 Å². The predicted molar refractivity (Wildman–Crippen MR) is 88.3 cm³/mol. The van der Waals surface area contributed by atoms with Gasteiger partial charge in [-0.3, -0.25) is 4.98 Å². The van der Waals surface area contributed by atoms with Gasteiger partial charge in [-0.25, -0.2) is 4.98 Å². The summed E-state index contributed by atoms with van der Waals surface area (Å²) in [6.07, 6.45) is 2.13. The van der Waals surface area contributed by atoms with Crippen LogP contribution in [0.2, 0.25) is 0 Å². The topological polar surface area (TPSA) is 96.7 Å². The molecule has 1 heterocycles. The molecule has 0 spiro atoms. The lowest BCUT2D eigenvalue weighted by atomic mass is 9.90. The molecule has 128 valence electrons. The van der Waals surface area contributed by atoms with Crippen LogP contribution in [0.25, 0.3) is 11.0 Å². The first kappa shape index (κ1) is 15.4. The quantitative estimate of drug-likeness (QED) is 0.774. The van der Waals surface area contributed by atoms with Gasteiger partial charge < -0.3 is 25.0 Å². The minimum Gasteiger partial charge on any atom is -0.493 e. The molecule has 2 aromatic rings. The van der Waals surface area contributed by atoms with Gasteiger partial charge in [-0.2, -0.15) is 0 Å². The minimum absolute atomic E-state index is 0.0629. The number of rotatable bonds is 4. The highest BCUT2D eigenvalue weighted by atomic mass is 16.5. The highest BCUT2D eigenvalue weighted by Crippen LogP contribution is 2.45. The minimum atomic E-state index is -0.654. The molecule has 7 heteroatoms. The van der Waals surface area contributed by atoms with Crippen LogP contribution in [0.1, 0.15) is 12.8 Å². The molecule has 2 aliphatic rings. The number of aliphatic hydroxyl groups excluding tert-OH is 2. The Bertz CT molecular complexity index is 767. The van der Waals surface area contributed by atoms with E-state index in [2.05, 4.69) is 15.3 Å². The molecule has 2 saturated carbocycles. The smallest absolute Gasteiger partial charge is 0.163 e. The molecule has 7 nitrogen and oxygen atoms in total. The number of aliphatic hydroxyl groups is 2. The van der Waals surface area contributed by atoms with Crippen molar-refractivity contribution < 1.29 is 19.7 Å². The molecule has 0 amide bonds. The van der Waals surface area contributed by atoms with Crippen molar-refractivity contribution in [1.82, 2.24) is 9.97 Å². The highest BCUT2D eigenvalue weighted by molar-refractivity contribution is 5.80. The second-order valence-electron chi connectivity index (χ2n) is 6.58. The Balaban J connectivity index is 1.59. The molecular weight excluding hydrogens is 310 g/mol. The molecular formula is C17H21N3O4. The van der Waals surface area contributed by atoms with Crippen LogP contribution in [0.4, 0.5) is 5.82 Å². The lowest BCUT2D eigenvalue weighted by Crippen LogP contribution is -2.42. The number of nitrogens with zero attached hydrogens (tertiary/aromatic N) is 2. The molecule has 0 aliphatic heterocycles. The van der Waals surface area contributed by atoms with E-state index in [9.17, 15) is 10.2 Å². The molecule has 5 atom stereocenters. The summed E-state index contributed by atoms with van der Waals surface area (Å²) in [7, 11) is 3.17. The zero-order valence-electron chi connectivity index (χ0n) is 13.6. The first-order valence-electron chi connectivity index (χ1n) is 8.12. The van der Waals surface area contributed by atoms with E-state index < -0.39 is 12.2 Å². The van der Waals surface area contributed by atoms with Crippen LogP contribution in [0.3, 0.4) is 0 Å². The summed E-state index contributed by atoms with van der Waals surface area (Å²) >= 11 is 0. The van der Waals surface area contributed by atoms with E-state index >= 15 is 0 Å². The van der Waals surface area contributed by atoms with E-state index in [1.54, 1.807) is 32.5 Å².